The molecule has 3 aromatic rings. The van der Waals surface area contributed by atoms with Crippen LogP contribution in [0.4, 0.5) is 0 Å². The molecule has 0 radical (unpaired) electrons. The molecule has 3 aromatic carbocycles. The van der Waals surface area contributed by atoms with E-state index in [4.69, 9.17) is 0 Å². The van der Waals surface area contributed by atoms with Gasteiger partial charge < -0.3 is 25.8 Å². The summed E-state index contributed by atoms with van der Waals surface area (Å²) in [5, 5.41) is 9.69. The van der Waals surface area contributed by atoms with Crippen LogP contribution in [0.15, 0.2) is 91.0 Å². The van der Waals surface area contributed by atoms with Gasteiger partial charge in [0, 0.05) is 6.04 Å². The summed E-state index contributed by atoms with van der Waals surface area (Å²) in [7, 11) is 1.78. The van der Waals surface area contributed by atoms with Crippen LogP contribution in [0.5, 0.6) is 0 Å². The third-order valence-electron chi connectivity index (χ3n) is 10.2. The number of benzene rings is 3. The minimum Gasteiger partial charge on any atom is -0.343 e. The molecule has 0 bridgehead atoms. The predicted octanol–water partition coefficient (Wildman–Crippen LogP) is 4.71. The molecule has 0 aromatic heterocycles. The number of nitrogens with one attached hydrogen (secondary N) is 3. The Labute approximate surface area is 280 Å². The first-order chi connectivity index (χ1) is 22.9. The average molecular weight is 638 g/mol. The Morgan fingerprint density at radius 1 is 0.830 bits per heavy atom. The number of hydrogen-bond donors (Lipinski definition) is 3. The number of fused-ring (bicyclic) bond motifs is 1. The molecule has 0 aliphatic carbocycles. The van der Waals surface area contributed by atoms with Gasteiger partial charge in [-0.2, -0.15) is 0 Å². The monoisotopic (exact) mass is 637 g/mol. The summed E-state index contributed by atoms with van der Waals surface area (Å²) in [4.78, 5) is 46.9. The molecule has 5 rings (SSSR count). The largest absolute Gasteiger partial charge is 0.343 e. The lowest BCUT2D eigenvalue weighted by atomic mass is 9.89. The van der Waals surface area contributed by atoms with Crippen LogP contribution in [0.1, 0.15) is 68.7 Å². The third-order valence-corrected chi connectivity index (χ3v) is 10.2. The van der Waals surface area contributed by atoms with E-state index in [1.54, 1.807) is 7.05 Å². The first-order valence-corrected chi connectivity index (χ1v) is 17.4. The van der Waals surface area contributed by atoms with Gasteiger partial charge in [0.25, 0.3) is 0 Å². The zero-order chi connectivity index (χ0) is 33.2. The highest BCUT2D eigenvalue weighted by atomic mass is 16.2. The summed E-state index contributed by atoms with van der Waals surface area (Å²) >= 11 is 0. The van der Waals surface area contributed by atoms with Crippen LogP contribution in [0.2, 0.25) is 0 Å². The third kappa shape index (κ3) is 8.48. The van der Waals surface area contributed by atoms with Crippen LogP contribution in [0.3, 0.4) is 0 Å². The lowest BCUT2D eigenvalue weighted by Gasteiger charge is -2.34. The van der Waals surface area contributed by atoms with E-state index in [9.17, 15) is 14.4 Å². The summed E-state index contributed by atoms with van der Waals surface area (Å²) in [6, 6.07) is 27.7. The zero-order valence-corrected chi connectivity index (χ0v) is 28.1. The standard InChI is InChI=1S/C39H51N5O3/c1-4-43(5-2)26-25-31-21-22-32-23-24-34(38(46)41-35(29-17-11-7-12-18-29)30-19-13-8-14-20-30)44(32)39(47)36(31)42-37(45)33(40-3)27-28-15-9-6-10-16-28/h6-20,31-36,40H,4-5,21-27H2,1-3H3,(H,41,46)(H,42,45)/t31-,32+,33-,34+,36+/m1/s1. The summed E-state index contributed by atoms with van der Waals surface area (Å²) in [6.45, 7) is 7.04. The highest BCUT2D eigenvalue weighted by molar-refractivity contribution is 5.94. The van der Waals surface area contributed by atoms with Gasteiger partial charge in [0.1, 0.15) is 12.1 Å². The van der Waals surface area contributed by atoms with Gasteiger partial charge in [-0.15, -0.1) is 0 Å². The van der Waals surface area contributed by atoms with Crippen LogP contribution < -0.4 is 16.0 Å². The maximum Gasteiger partial charge on any atom is 0.246 e. The Kier molecular flexibility index (Phi) is 12.2. The molecular formula is C39H51N5O3. The molecule has 2 heterocycles. The van der Waals surface area contributed by atoms with Crippen molar-refractivity contribution in [1.82, 2.24) is 25.8 Å². The average Bonchev–Trinajstić information content (AvgIpc) is 3.50. The van der Waals surface area contributed by atoms with Crippen LogP contribution in [-0.4, -0.2) is 78.4 Å². The fourth-order valence-electron chi connectivity index (χ4n) is 7.39. The fraction of sp³-hybridized carbons (Fsp3) is 0.462. The molecule has 3 amide bonds. The quantitative estimate of drug-likeness (QED) is 0.238. The van der Waals surface area contributed by atoms with Crippen molar-refractivity contribution < 1.29 is 14.4 Å². The second kappa shape index (κ2) is 16.7. The van der Waals surface area contributed by atoms with Crippen LogP contribution >= 0.6 is 0 Å². The summed E-state index contributed by atoms with van der Waals surface area (Å²) < 4.78 is 0. The maximum atomic E-state index is 14.7. The lowest BCUT2D eigenvalue weighted by Crippen LogP contribution is -2.58. The Hall–Kier alpha value is -4.01. The fourth-order valence-corrected chi connectivity index (χ4v) is 7.39. The molecule has 2 fully saturated rings. The van der Waals surface area contributed by atoms with Crippen molar-refractivity contribution in [1.29, 1.82) is 0 Å². The predicted molar refractivity (Wildman–Crippen MR) is 187 cm³/mol. The van der Waals surface area contributed by atoms with Gasteiger partial charge in [0.15, 0.2) is 0 Å². The van der Waals surface area contributed by atoms with E-state index in [0.717, 1.165) is 62.0 Å². The van der Waals surface area contributed by atoms with Gasteiger partial charge in [-0.3, -0.25) is 14.4 Å². The van der Waals surface area contributed by atoms with E-state index in [1.165, 1.54) is 0 Å². The first-order valence-electron chi connectivity index (χ1n) is 17.4. The molecule has 0 unspecified atom stereocenters. The number of amides is 3. The van der Waals surface area contributed by atoms with Crippen molar-refractivity contribution in [2.45, 2.75) is 82.6 Å². The molecule has 250 valence electrons. The minimum atomic E-state index is -0.692. The second-order valence-electron chi connectivity index (χ2n) is 12.9. The van der Waals surface area contributed by atoms with Gasteiger partial charge in [-0.05, 0) is 87.8 Å². The van der Waals surface area contributed by atoms with Crippen molar-refractivity contribution in [3.8, 4) is 0 Å². The Morgan fingerprint density at radius 2 is 1.40 bits per heavy atom. The SMILES string of the molecule is CCN(CC)CC[C@H]1CC[C@H]2CC[C@@H](C(=O)NC(c3ccccc3)c3ccccc3)N2C(=O)[C@H]1NC(=O)[C@@H](Cc1ccccc1)NC. The van der Waals surface area contributed by atoms with E-state index >= 15 is 0 Å². The van der Waals surface area contributed by atoms with Crippen LogP contribution in [-0.2, 0) is 20.8 Å². The highest BCUT2D eigenvalue weighted by Gasteiger charge is 2.48. The smallest absolute Gasteiger partial charge is 0.246 e. The normalized spacial score (nSPS) is 21.7. The second-order valence-corrected chi connectivity index (χ2v) is 12.9. The number of rotatable bonds is 14. The maximum absolute atomic E-state index is 14.7. The van der Waals surface area contributed by atoms with Gasteiger partial charge in [-0.1, -0.05) is 105 Å². The van der Waals surface area contributed by atoms with E-state index in [1.807, 2.05) is 95.9 Å². The summed E-state index contributed by atoms with van der Waals surface area (Å²) in [6.07, 6.45) is 4.37. The van der Waals surface area contributed by atoms with Crippen molar-refractivity contribution >= 4 is 17.7 Å². The Morgan fingerprint density at radius 3 is 1.98 bits per heavy atom. The molecule has 47 heavy (non-hydrogen) atoms. The molecular weight excluding hydrogens is 586 g/mol. The number of nitrogens with zero attached hydrogens (tertiary/aromatic N) is 2. The molecule has 2 aliphatic heterocycles. The Balaban J connectivity index is 1.39. The van der Waals surface area contributed by atoms with E-state index in [0.29, 0.717) is 12.8 Å². The molecule has 3 N–H and O–H groups in total. The molecule has 8 nitrogen and oxygen atoms in total. The summed E-state index contributed by atoms with van der Waals surface area (Å²) in [5.74, 6) is -0.484. The molecule has 0 spiro atoms. The Bertz CT molecular complexity index is 1390. The molecule has 2 saturated heterocycles. The topological polar surface area (TPSA) is 93.8 Å². The van der Waals surface area contributed by atoms with Gasteiger partial charge in [0.2, 0.25) is 17.7 Å². The van der Waals surface area contributed by atoms with E-state index < -0.39 is 18.1 Å². The molecule has 8 heteroatoms. The highest BCUT2D eigenvalue weighted by Crippen LogP contribution is 2.36. The van der Waals surface area contributed by atoms with Crippen molar-refractivity contribution in [2.75, 3.05) is 26.7 Å². The number of carbonyl (C=O) groups excluding carboxylic acids is 3. The van der Waals surface area contributed by atoms with Crippen LogP contribution in [0.25, 0.3) is 0 Å². The number of carbonyl (C=O) groups is 3. The van der Waals surface area contributed by atoms with E-state index in [2.05, 4.69) is 34.7 Å². The lowest BCUT2D eigenvalue weighted by molar-refractivity contribution is -0.144. The number of likely N-dealkylation sites (N-methyl/N-ethyl adjacent to an activating group) is 1. The van der Waals surface area contributed by atoms with Gasteiger partial charge >= 0.3 is 0 Å². The summed E-state index contributed by atoms with van der Waals surface area (Å²) in [5.41, 5.74) is 3.03. The molecule has 5 atom stereocenters. The van der Waals surface area contributed by atoms with Gasteiger partial charge in [-0.25, -0.2) is 0 Å². The molecule has 0 saturated carbocycles. The van der Waals surface area contributed by atoms with Crippen LogP contribution in [0, 0.1) is 5.92 Å². The molecule has 2 aliphatic rings. The van der Waals surface area contributed by atoms with E-state index in [-0.39, 0.29) is 35.7 Å². The van der Waals surface area contributed by atoms with Crippen molar-refractivity contribution in [2.24, 2.45) is 5.92 Å². The van der Waals surface area contributed by atoms with Crippen molar-refractivity contribution in [3.05, 3.63) is 108 Å². The van der Waals surface area contributed by atoms with Crippen molar-refractivity contribution in [3.63, 3.8) is 0 Å². The van der Waals surface area contributed by atoms with Gasteiger partial charge in [0.05, 0.1) is 12.1 Å². The minimum absolute atomic E-state index is 0.0167. The number of hydrogen-bond acceptors (Lipinski definition) is 5. The first kappa shape index (κ1) is 34.3. The zero-order valence-electron chi connectivity index (χ0n) is 28.1.